The molecule has 0 aliphatic carbocycles. The second-order valence-electron chi connectivity index (χ2n) is 12.8. The minimum atomic E-state index is -2.06. The molecule has 0 aromatic rings. The minimum Gasteiger partial charge on any atom is -0.449 e. The predicted molar refractivity (Wildman–Crippen MR) is 150 cm³/mol. The molecule has 1 saturated heterocycles. The van der Waals surface area contributed by atoms with Gasteiger partial charge in [0.2, 0.25) is 0 Å². The van der Waals surface area contributed by atoms with Gasteiger partial charge in [0.25, 0.3) is 0 Å². The molecular weight excluding hydrogens is 476 g/mol. The van der Waals surface area contributed by atoms with E-state index in [9.17, 15) is 4.79 Å². The first-order valence-corrected chi connectivity index (χ1v) is 19.0. The maximum Gasteiger partial charge on any atom is 0.410 e. The van der Waals surface area contributed by atoms with Crippen LogP contribution in [0.3, 0.4) is 0 Å². The predicted octanol–water partition coefficient (Wildman–Crippen LogP) is 6.49. The molecule has 1 aliphatic heterocycles. The highest BCUT2D eigenvalue weighted by Crippen LogP contribution is 2.40. The number of carbonyl (C=O) groups is 1. The summed E-state index contributed by atoms with van der Waals surface area (Å²) in [5.41, 5.74) is 3.16. The lowest BCUT2D eigenvalue weighted by molar-refractivity contribution is -0.0574. The van der Waals surface area contributed by atoms with E-state index < -0.39 is 16.6 Å². The molecule has 1 aliphatic rings. The Bertz CT molecular complexity index is 674. The quantitative estimate of drug-likeness (QED) is 0.135. The van der Waals surface area contributed by atoms with Gasteiger partial charge in [-0.25, -0.2) is 4.79 Å². The molecule has 1 N–H and O–H groups in total. The Hall–Kier alpha value is -0.716. The largest absolute Gasteiger partial charge is 0.449 e. The van der Waals surface area contributed by atoms with Gasteiger partial charge in [0.15, 0.2) is 16.6 Å². The van der Waals surface area contributed by atoms with Crippen LogP contribution in [-0.4, -0.2) is 72.2 Å². The molecular formula is C26H54N2O5Si2. The van der Waals surface area contributed by atoms with Crippen LogP contribution in [-0.2, 0) is 18.4 Å². The molecule has 1 heterocycles. The van der Waals surface area contributed by atoms with Crippen LogP contribution in [0, 0.1) is 0 Å². The fourth-order valence-corrected chi connectivity index (χ4v) is 5.75. The lowest BCUT2D eigenvalue weighted by Crippen LogP contribution is -2.63. The zero-order valence-corrected chi connectivity index (χ0v) is 26.5. The van der Waals surface area contributed by atoms with E-state index in [-0.39, 0.29) is 34.4 Å². The third-order valence-corrected chi connectivity index (χ3v) is 16.9. The van der Waals surface area contributed by atoms with Crippen molar-refractivity contribution in [3.05, 3.63) is 12.7 Å². The van der Waals surface area contributed by atoms with Crippen LogP contribution in [0.4, 0.5) is 4.79 Å². The van der Waals surface area contributed by atoms with Crippen molar-refractivity contribution in [3.63, 3.8) is 0 Å². The smallest absolute Gasteiger partial charge is 0.410 e. The van der Waals surface area contributed by atoms with E-state index in [2.05, 4.69) is 86.7 Å². The normalized spacial score (nSPS) is 22.3. The summed E-state index contributed by atoms with van der Waals surface area (Å²) in [4.78, 5) is 20.6. The number of hydroxylamine groups is 1. The Morgan fingerprint density at radius 3 is 2.20 bits per heavy atom. The van der Waals surface area contributed by atoms with Crippen molar-refractivity contribution in [1.82, 2.24) is 10.4 Å². The van der Waals surface area contributed by atoms with Gasteiger partial charge in [-0.05, 0) is 49.1 Å². The van der Waals surface area contributed by atoms with Crippen molar-refractivity contribution in [3.8, 4) is 0 Å². The zero-order chi connectivity index (χ0) is 27.1. The number of carbonyl (C=O) groups excluding carboxylic acids is 1. The molecule has 0 aromatic heterocycles. The molecule has 35 heavy (non-hydrogen) atoms. The number of likely N-dealkylation sites (tertiary alicyclic amines) is 1. The Kier molecular flexibility index (Phi) is 12.2. The minimum absolute atomic E-state index is 0.0723. The van der Waals surface area contributed by atoms with Crippen molar-refractivity contribution < 1.29 is 23.2 Å². The van der Waals surface area contributed by atoms with Gasteiger partial charge < -0.3 is 18.5 Å². The summed E-state index contributed by atoms with van der Waals surface area (Å²) in [5, 5.41) is 0.163. The van der Waals surface area contributed by atoms with Crippen molar-refractivity contribution in [2.24, 2.45) is 0 Å². The van der Waals surface area contributed by atoms with Crippen molar-refractivity contribution in [2.75, 3.05) is 26.4 Å². The molecule has 0 unspecified atom stereocenters. The van der Waals surface area contributed by atoms with E-state index in [0.29, 0.717) is 32.8 Å². The fourth-order valence-electron chi connectivity index (χ4n) is 3.34. The topological polar surface area (TPSA) is 69.3 Å². The van der Waals surface area contributed by atoms with Gasteiger partial charge in [-0.15, -0.1) is 6.58 Å². The number of piperidine rings is 1. The summed E-state index contributed by atoms with van der Waals surface area (Å²) < 4.78 is 19.1. The van der Waals surface area contributed by atoms with E-state index in [4.69, 9.17) is 18.4 Å². The maximum atomic E-state index is 13.2. The Balaban J connectivity index is 3.21. The maximum absolute atomic E-state index is 13.2. The van der Waals surface area contributed by atoms with Gasteiger partial charge in [-0.2, -0.15) is 5.48 Å². The highest BCUT2D eigenvalue weighted by Gasteiger charge is 2.46. The Labute approximate surface area is 217 Å². The van der Waals surface area contributed by atoms with Crippen molar-refractivity contribution in [2.45, 2.75) is 122 Å². The third-order valence-electron chi connectivity index (χ3n) is 7.88. The Morgan fingerprint density at radius 1 is 1.09 bits per heavy atom. The standard InChI is InChI=1S/C26H54N2O5Si2/c1-13-15-17-30-24(29)28-19-22(27-31-16-14-2)23(33-35(11,12)26(6,7)8)18-21(28)20-32-34(9,10)25(3,4)5/h14,21-23,27H,2,13,15-20H2,1,3-12H3/t21-,22-,23-/m0/s1. The van der Waals surface area contributed by atoms with Crippen LogP contribution in [0.2, 0.25) is 36.3 Å². The second-order valence-corrected chi connectivity index (χ2v) is 22.4. The molecule has 0 spiro atoms. The summed E-state index contributed by atoms with van der Waals surface area (Å²) in [7, 11) is -4.05. The summed E-state index contributed by atoms with van der Waals surface area (Å²) in [6, 6.07) is -0.294. The molecule has 0 aromatic carbocycles. The summed E-state index contributed by atoms with van der Waals surface area (Å²) in [6.07, 6.45) is 3.81. The molecule has 0 saturated carbocycles. The summed E-state index contributed by atoms with van der Waals surface area (Å²) >= 11 is 0. The van der Waals surface area contributed by atoms with Crippen LogP contribution in [0.25, 0.3) is 0 Å². The van der Waals surface area contributed by atoms with Crippen molar-refractivity contribution >= 4 is 22.7 Å². The molecule has 1 rings (SSSR count). The number of amides is 1. The molecule has 1 fully saturated rings. The molecule has 1 amide bonds. The van der Waals surface area contributed by atoms with Crippen molar-refractivity contribution in [1.29, 1.82) is 0 Å². The van der Waals surface area contributed by atoms with E-state index in [1.165, 1.54) is 0 Å². The average molecular weight is 531 g/mol. The summed E-state index contributed by atoms with van der Waals surface area (Å²) in [6.45, 7) is 30.0. The van der Waals surface area contributed by atoms with Gasteiger partial charge in [0.05, 0.1) is 38.0 Å². The van der Waals surface area contributed by atoms with Crippen LogP contribution >= 0.6 is 0 Å². The molecule has 206 valence electrons. The number of unbranched alkanes of at least 4 members (excludes halogenated alkanes) is 1. The number of ether oxygens (including phenoxy) is 1. The van der Waals surface area contributed by atoms with Crippen LogP contribution in [0.5, 0.6) is 0 Å². The first-order chi connectivity index (χ1) is 16.0. The number of rotatable bonds is 12. The lowest BCUT2D eigenvalue weighted by Gasteiger charge is -2.48. The summed E-state index contributed by atoms with van der Waals surface area (Å²) in [5.74, 6) is 0. The SMILES string of the molecule is C=CCON[C@H]1CN(C(=O)OCCCC)[C@H](CO[Si](C)(C)C(C)(C)C)C[C@@H]1O[Si](C)(C)C(C)(C)C. The van der Waals surface area contributed by atoms with Gasteiger partial charge in [0, 0.05) is 6.54 Å². The van der Waals surface area contributed by atoms with Crippen LogP contribution < -0.4 is 5.48 Å². The number of hydrogen-bond donors (Lipinski definition) is 1. The average Bonchev–Trinajstić information content (AvgIpc) is 2.71. The van der Waals surface area contributed by atoms with Gasteiger partial charge in [-0.1, -0.05) is 61.0 Å². The highest BCUT2D eigenvalue weighted by atomic mass is 28.4. The van der Waals surface area contributed by atoms with E-state index in [0.717, 1.165) is 12.8 Å². The molecule has 3 atom stereocenters. The molecule has 7 nitrogen and oxygen atoms in total. The fraction of sp³-hybridized carbons (Fsp3) is 0.885. The monoisotopic (exact) mass is 530 g/mol. The van der Waals surface area contributed by atoms with E-state index in [1.807, 2.05) is 4.90 Å². The number of nitrogens with zero attached hydrogens (tertiary/aromatic N) is 1. The van der Waals surface area contributed by atoms with Crippen LogP contribution in [0.1, 0.15) is 67.7 Å². The highest BCUT2D eigenvalue weighted by molar-refractivity contribution is 6.74. The molecule has 0 radical (unpaired) electrons. The molecule has 0 bridgehead atoms. The molecule has 9 heteroatoms. The lowest BCUT2D eigenvalue weighted by atomic mass is 9.96. The van der Waals surface area contributed by atoms with Gasteiger partial charge in [0.1, 0.15) is 0 Å². The van der Waals surface area contributed by atoms with Gasteiger partial charge >= 0.3 is 6.09 Å². The third kappa shape index (κ3) is 9.59. The van der Waals surface area contributed by atoms with Crippen LogP contribution in [0.15, 0.2) is 12.7 Å². The van der Waals surface area contributed by atoms with E-state index >= 15 is 0 Å². The van der Waals surface area contributed by atoms with Gasteiger partial charge in [-0.3, -0.25) is 4.84 Å². The Morgan fingerprint density at radius 2 is 1.69 bits per heavy atom. The zero-order valence-electron chi connectivity index (χ0n) is 24.5. The number of nitrogens with one attached hydrogen (secondary N) is 1. The second kappa shape index (κ2) is 13.2. The first kappa shape index (κ1) is 32.3. The van der Waals surface area contributed by atoms with E-state index in [1.54, 1.807) is 6.08 Å². The number of hydrogen-bond acceptors (Lipinski definition) is 6. The first-order valence-electron chi connectivity index (χ1n) is 13.2.